The van der Waals surface area contributed by atoms with E-state index >= 15 is 0 Å². The summed E-state index contributed by atoms with van der Waals surface area (Å²) in [6.45, 7) is 5.20. The van der Waals surface area contributed by atoms with Gasteiger partial charge in [0.1, 0.15) is 5.82 Å². The van der Waals surface area contributed by atoms with Crippen LogP contribution in [0.5, 0.6) is 0 Å². The molecule has 1 aromatic carbocycles. The molecule has 0 unspecified atom stereocenters. The van der Waals surface area contributed by atoms with Crippen LogP contribution in [0.1, 0.15) is 13.8 Å². The van der Waals surface area contributed by atoms with Gasteiger partial charge in [-0.15, -0.1) is 0 Å². The second-order valence-corrected chi connectivity index (χ2v) is 4.32. The van der Waals surface area contributed by atoms with Gasteiger partial charge in [-0.3, -0.25) is 0 Å². The lowest BCUT2D eigenvalue weighted by Crippen LogP contribution is -2.20. The summed E-state index contributed by atoms with van der Waals surface area (Å²) in [5.41, 5.74) is 0.790. The fraction of sp³-hybridized carbons (Fsp3) is 0.308. The monoisotopic (exact) mass is 295 g/mol. The van der Waals surface area contributed by atoms with Gasteiger partial charge in [0, 0.05) is 18.8 Å². The molecule has 0 atom stereocenters. The van der Waals surface area contributed by atoms with E-state index in [1.807, 2.05) is 18.7 Å². The Morgan fingerprint density at radius 3 is 2.45 bits per heavy atom. The molecule has 0 bridgehead atoms. The molecule has 0 aliphatic carbocycles. The Hall–Kier alpha value is -1.95. The van der Waals surface area contributed by atoms with Crippen LogP contribution >= 0.6 is 11.6 Å². The van der Waals surface area contributed by atoms with Crippen molar-refractivity contribution in [2.75, 3.05) is 23.3 Å². The Balaban J connectivity index is 2.38. The van der Waals surface area contributed by atoms with E-state index in [9.17, 15) is 4.39 Å². The van der Waals surface area contributed by atoms with E-state index in [2.05, 4.69) is 20.3 Å². The number of hydrogen-bond acceptors (Lipinski definition) is 5. The standard InChI is InChI=1S/C13H15ClFN5/c1-3-16-12-17-11(14)18-13(19-12)20(4-2)10-7-5-9(15)6-8-10/h5-8H,3-4H2,1-2H3,(H,16,17,18,19). The topological polar surface area (TPSA) is 53.9 Å². The highest BCUT2D eigenvalue weighted by atomic mass is 35.5. The third-order valence-corrected chi connectivity index (χ3v) is 2.80. The van der Waals surface area contributed by atoms with Gasteiger partial charge < -0.3 is 10.2 Å². The summed E-state index contributed by atoms with van der Waals surface area (Å²) in [4.78, 5) is 14.2. The molecule has 1 aromatic heterocycles. The molecule has 2 rings (SSSR count). The van der Waals surface area contributed by atoms with Crippen LogP contribution in [0, 0.1) is 5.82 Å². The molecule has 2 aromatic rings. The molecule has 0 saturated carbocycles. The average molecular weight is 296 g/mol. The molecule has 0 aliphatic heterocycles. The number of aromatic nitrogens is 3. The number of hydrogen-bond donors (Lipinski definition) is 1. The van der Waals surface area contributed by atoms with Gasteiger partial charge in [0.05, 0.1) is 0 Å². The minimum absolute atomic E-state index is 0.117. The number of halogens is 2. The molecule has 0 radical (unpaired) electrons. The summed E-state index contributed by atoms with van der Waals surface area (Å²) in [6.07, 6.45) is 0. The molecular formula is C13H15ClFN5. The zero-order valence-corrected chi connectivity index (χ0v) is 12.0. The summed E-state index contributed by atoms with van der Waals surface area (Å²) in [6, 6.07) is 6.13. The summed E-state index contributed by atoms with van der Waals surface area (Å²) in [7, 11) is 0. The van der Waals surface area contributed by atoms with Crippen molar-refractivity contribution in [2.24, 2.45) is 0 Å². The fourth-order valence-electron chi connectivity index (χ4n) is 1.76. The van der Waals surface area contributed by atoms with Gasteiger partial charge in [0.2, 0.25) is 17.2 Å². The molecule has 7 heteroatoms. The third kappa shape index (κ3) is 3.33. The molecular weight excluding hydrogens is 281 g/mol. The van der Waals surface area contributed by atoms with Crippen molar-refractivity contribution in [3.63, 3.8) is 0 Å². The summed E-state index contributed by atoms with van der Waals surface area (Å²) in [5, 5.41) is 3.11. The third-order valence-electron chi connectivity index (χ3n) is 2.63. The van der Waals surface area contributed by atoms with Crippen molar-refractivity contribution in [3.8, 4) is 0 Å². The Morgan fingerprint density at radius 2 is 1.85 bits per heavy atom. The maximum absolute atomic E-state index is 13.0. The van der Waals surface area contributed by atoms with Crippen LogP contribution in [0.2, 0.25) is 5.28 Å². The number of rotatable bonds is 5. The first kappa shape index (κ1) is 14.5. The highest BCUT2D eigenvalue weighted by molar-refractivity contribution is 6.28. The first-order valence-corrected chi connectivity index (χ1v) is 6.70. The average Bonchev–Trinajstić information content (AvgIpc) is 2.41. The Morgan fingerprint density at radius 1 is 1.15 bits per heavy atom. The first-order chi connectivity index (χ1) is 9.63. The molecule has 0 spiro atoms. The lowest BCUT2D eigenvalue weighted by atomic mass is 10.3. The van der Waals surface area contributed by atoms with Crippen molar-refractivity contribution < 1.29 is 4.39 Å². The van der Waals surface area contributed by atoms with E-state index in [4.69, 9.17) is 11.6 Å². The van der Waals surface area contributed by atoms with Gasteiger partial charge in [0.25, 0.3) is 0 Å². The zero-order valence-electron chi connectivity index (χ0n) is 11.3. The smallest absolute Gasteiger partial charge is 0.236 e. The highest BCUT2D eigenvalue weighted by Gasteiger charge is 2.13. The van der Waals surface area contributed by atoms with Crippen LogP contribution in [-0.2, 0) is 0 Å². The molecule has 1 N–H and O–H groups in total. The van der Waals surface area contributed by atoms with E-state index in [0.717, 1.165) is 5.69 Å². The normalized spacial score (nSPS) is 10.4. The van der Waals surface area contributed by atoms with E-state index in [-0.39, 0.29) is 11.1 Å². The number of nitrogens with one attached hydrogen (secondary N) is 1. The molecule has 0 aliphatic rings. The van der Waals surface area contributed by atoms with Crippen LogP contribution in [0.3, 0.4) is 0 Å². The second-order valence-electron chi connectivity index (χ2n) is 3.98. The lowest BCUT2D eigenvalue weighted by Gasteiger charge is -2.21. The van der Waals surface area contributed by atoms with Gasteiger partial charge in [-0.2, -0.15) is 15.0 Å². The van der Waals surface area contributed by atoms with Crippen molar-refractivity contribution in [1.82, 2.24) is 15.0 Å². The van der Waals surface area contributed by atoms with E-state index in [1.54, 1.807) is 12.1 Å². The molecule has 1 heterocycles. The van der Waals surface area contributed by atoms with E-state index in [1.165, 1.54) is 12.1 Å². The summed E-state index contributed by atoms with van der Waals surface area (Å²) >= 11 is 5.91. The van der Waals surface area contributed by atoms with Crippen LogP contribution in [0.15, 0.2) is 24.3 Å². The maximum atomic E-state index is 13.0. The molecule has 0 amide bonds. The van der Waals surface area contributed by atoms with Crippen LogP contribution in [0.4, 0.5) is 22.0 Å². The van der Waals surface area contributed by atoms with Gasteiger partial charge >= 0.3 is 0 Å². The van der Waals surface area contributed by atoms with E-state index in [0.29, 0.717) is 25.0 Å². The van der Waals surface area contributed by atoms with Crippen LogP contribution in [-0.4, -0.2) is 28.0 Å². The van der Waals surface area contributed by atoms with Crippen molar-refractivity contribution in [2.45, 2.75) is 13.8 Å². The van der Waals surface area contributed by atoms with Gasteiger partial charge in [-0.05, 0) is 49.7 Å². The summed E-state index contributed by atoms with van der Waals surface area (Å²) in [5.74, 6) is 0.560. The fourth-order valence-corrected chi connectivity index (χ4v) is 1.91. The highest BCUT2D eigenvalue weighted by Crippen LogP contribution is 2.23. The molecule has 0 fully saturated rings. The second kappa shape index (κ2) is 6.47. The molecule has 0 saturated heterocycles. The van der Waals surface area contributed by atoms with Crippen LogP contribution in [0.25, 0.3) is 0 Å². The van der Waals surface area contributed by atoms with Gasteiger partial charge in [-0.25, -0.2) is 4.39 Å². The number of nitrogens with zero attached hydrogens (tertiary/aromatic N) is 4. The number of anilines is 3. The molecule has 106 valence electrons. The predicted molar refractivity (Wildman–Crippen MR) is 78.1 cm³/mol. The SMILES string of the molecule is CCNc1nc(Cl)nc(N(CC)c2ccc(F)cc2)n1. The predicted octanol–water partition coefficient (Wildman–Crippen LogP) is 3.25. The quantitative estimate of drug-likeness (QED) is 0.917. The van der Waals surface area contributed by atoms with Crippen molar-refractivity contribution in [3.05, 3.63) is 35.4 Å². The van der Waals surface area contributed by atoms with E-state index < -0.39 is 0 Å². The van der Waals surface area contributed by atoms with Crippen molar-refractivity contribution >= 4 is 29.2 Å². The first-order valence-electron chi connectivity index (χ1n) is 6.32. The minimum atomic E-state index is -0.285. The maximum Gasteiger partial charge on any atom is 0.236 e. The van der Waals surface area contributed by atoms with Crippen LogP contribution < -0.4 is 10.2 Å². The lowest BCUT2D eigenvalue weighted by molar-refractivity contribution is 0.627. The van der Waals surface area contributed by atoms with Gasteiger partial charge in [0.15, 0.2) is 0 Å². The number of benzene rings is 1. The minimum Gasteiger partial charge on any atom is -0.354 e. The van der Waals surface area contributed by atoms with Gasteiger partial charge in [-0.1, -0.05) is 0 Å². The molecule has 20 heavy (non-hydrogen) atoms. The molecule has 5 nitrogen and oxygen atoms in total. The Labute approximate surface area is 121 Å². The zero-order chi connectivity index (χ0) is 14.5. The largest absolute Gasteiger partial charge is 0.354 e. The Bertz CT molecular complexity index is 575. The van der Waals surface area contributed by atoms with Crippen molar-refractivity contribution in [1.29, 1.82) is 0 Å². The Kier molecular flexibility index (Phi) is 4.68. The summed E-state index contributed by atoms with van der Waals surface area (Å²) < 4.78 is 13.0.